The van der Waals surface area contributed by atoms with Crippen LogP contribution in [0.4, 0.5) is 5.13 Å². The van der Waals surface area contributed by atoms with E-state index in [2.05, 4.69) is 31.8 Å². The van der Waals surface area contributed by atoms with Crippen molar-refractivity contribution in [3.63, 3.8) is 0 Å². The van der Waals surface area contributed by atoms with Crippen LogP contribution in [0.15, 0.2) is 4.52 Å². The Kier molecular flexibility index (Phi) is 5.55. The van der Waals surface area contributed by atoms with Crippen molar-refractivity contribution in [3.8, 4) is 0 Å². The number of halogens is 1. The zero-order valence-electron chi connectivity index (χ0n) is 14.4. The normalized spacial score (nSPS) is 16.9. The molecule has 0 bridgehead atoms. The molecule has 1 fully saturated rings. The third-order valence-corrected chi connectivity index (χ3v) is 5.72. The highest BCUT2D eigenvalue weighted by atomic mass is 35.5. The molecule has 0 N–H and O–H groups in total. The maximum absolute atomic E-state index is 11.7. The molecule has 3 heterocycles. The van der Waals surface area contributed by atoms with Gasteiger partial charge in [-0.2, -0.15) is 4.98 Å². The van der Waals surface area contributed by atoms with Gasteiger partial charge in [-0.05, 0) is 6.92 Å². The van der Waals surface area contributed by atoms with Gasteiger partial charge in [0.1, 0.15) is 0 Å². The van der Waals surface area contributed by atoms with Crippen LogP contribution in [0.3, 0.4) is 0 Å². The van der Waals surface area contributed by atoms with Gasteiger partial charge in [-0.1, -0.05) is 35.0 Å². The number of nitrogens with zero attached hydrogens (tertiary/aromatic N) is 5. The number of anilines is 1. The number of thiazole rings is 1. The fourth-order valence-electron chi connectivity index (χ4n) is 2.68. The second kappa shape index (κ2) is 7.67. The second-order valence-electron chi connectivity index (χ2n) is 5.71. The number of aryl methyl sites for hydroxylation is 1. The Labute approximate surface area is 154 Å². The van der Waals surface area contributed by atoms with Crippen LogP contribution in [-0.2, 0) is 11.2 Å². The average molecular weight is 386 g/mol. The van der Waals surface area contributed by atoms with Crippen LogP contribution < -0.4 is 4.90 Å². The predicted octanol–water partition coefficient (Wildman–Crippen LogP) is 2.41. The first kappa shape index (κ1) is 18.1. The van der Waals surface area contributed by atoms with Gasteiger partial charge in [0, 0.05) is 32.6 Å². The summed E-state index contributed by atoms with van der Waals surface area (Å²) in [5, 5.41) is 4.89. The Morgan fingerprint density at radius 1 is 1.36 bits per heavy atom. The molecule has 0 spiro atoms. The largest absolute Gasteiger partial charge is 0.465 e. The van der Waals surface area contributed by atoms with E-state index in [1.807, 2.05) is 6.92 Å². The van der Waals surface area contributed by atoms with Crippen molar-refractivity contribution < 1.29 is 14.1 Å². The first-order chi connectivity index (χ1) is 12.0. The third kappa shape index (κ3) is 3.78. The van der Waals surface area contributed by atoms with Gasteiger partial charge in [0.05, 0.1) is 13.2 Å². The Morgan fingerprint density at radius 3 is 2.68 bits per heavy atom. The van der Waals surface area contributed by atoms with Crippen LogP contribution >= 0.6 is 22.9 Å². The first-order valence-electron chi connectivity index (χ1n) is 8.09. The molecule has 2 aromatic heterocycles. The number of hydrogen-bond acceptors (Lipinski definition) is 9. The molecule has 0 amide bonds. The summed E-state index contributed by atoms with van der Waals surface area (Å²) in [4.78, 5) is 25.1. The first-order valence-corrected chi connectivity index (χ1v) is 9.29. The summed E-state index contributed by atoms with van der Waals surface area (Å²) in [6.45, 7) is 7.29. The van der Waals surface area contributed by atoms with E-state index in [1.54, 1.807) is 0 Å². The van der Waals surface area contributed by atoms with Crippen molar-refractivity contribution in [2.45, 2.75) is 26.3 Å². The van der Waals surface area contributed by atoms with Crippen molar-refractivity contribution in [2.75, 3.05) is 38.2 Å². The number of ether oxygens (including phenoxy) is 1. The van der Waals surface area contributed by atoms with Gasteiger partial charge >= 0.3 is 5.97 Å². The molecular formula is C15H20ClN5O3S. The minimum Gasteiger partial charge on any atom is -0.465 e. The van der Waals surface area contributed by atoms with Gasteiger partial charge < -0.3 is 14.2 Å². The summed E-state index contributed by atoms with van der Waals surface area (Å²) in [6.07, 6.45) is 0.761. The number of methoxy groups -OCH3 is 1. The number of piperazine rings is 1. The van der Waals surface area contributed by atoms with Crippen molar-refractivity contribution >= 4 is 34.0 Å². The van der Waals surface area contributed by atoms with Crippen molar-refractivity contribution in [2.24, 2.45) is 0 Å². The van der Waals surface area contributed by atoms with E-state index < -0.39 is 5.97 Å². The maximum Gasteiger partial charge on any atom is 0.351 e. The van der Waals surface area contributed by atoms with Crippen molar-refractivity contribution in [1.29, 1.82) is 0 Å². The number of rotatable bonds is 5. The molecular weight excluding hydrogens is 366 g/mol. The number of carbonyl (C=O) groups excluding carboxylic acids is 1. The molecule has 0 radical (unpaired) electrons. The molecule has 1 atom stereocenters. The van der Waals surface area contributed by atoms with Crippen molar-refractivity contribution in [1.82, 2.24) is 20.0 Å². The van der Waals surface area contributed by atoms with Gasteiger partial charge in [0.25, 0.3) is 0 Å². The lowest BCUT2D eigenvalue weighted by molar-refractivity contribution is 0.0606. The third-order valence-electron chi connectivity index (χ3n) is 4.24. The molecule has 1 aliphatic rings. The summed E-state index contributed by atoms with van der Waals surface area (Å²) in [7, 11) is 1.33. The topological polar surface area (TPSA) is 84.6 Å². The summed E-state index contributed by atoms with van der Waals surface area (Å²) >= 11 is 7.31. The predicted molar refractivity (Wildman–Crippen MR) is 94.3 cm³/mol. The summed E-state index contributed by atoms with van der Waals surface area (Å²) < 4.78 is 10.1. The SMILES string of the molecule is CCc1noc(C(C)N2CCN(c3nc(Cl)c(C(=O)OC)s3)CC2)n1. The van der Waals surface area contributed by atoms with Crippen LogP contribution in [0, 0.1) is 0 Å². The number of aromatic nitrogens is 3. The van der Waals surface area contributed by atoms with Crippen LogP contribution in [-0.4, -0.2) is 59.3 Å². The summed E-state index contributed by atoms with van der Waals surface area (Å²) in [5.41, 5.74) is 0. The minimum atomic E-state index is -0.455. The lowest BCUT2D eigenvalue weighted by atomic mass is 10.2. The Hall–Kier alpha value is -1.71. The molecule has 136 valence electrons. The molecule has 0 aliphatic carbocycles. The van der Waals surface area contributed by atoms with E-state index in [9.17, 15) is 4.79 Å². The molecule has 0 saturated carbocycles. The molecule has 25 heavy (non-hydrogen) atoms. The van der Waals surface area contributed by atoms with Gasteiger partial charge in [-0.25, -0.2) is 9.78 Å². The quantitative estimate of drug-likeness (QED) is 0.725. The smallest absolute Gasteiger partial charge is 0.351 e. The van der Waals surface area contributed by atoms with Crippen LogP contribution in [0.2, 0.25) is 5.15 Å². The zero-order chi connectivity index (χ0) is 18.0. The lowest BCUT2D eigenvalue weighted by Crippen LogP contribution is -2.47. The molecule has 1 aliphatic heterocycles. The van der Waals surface area contributed by atoms with E-state index in [4.69, 9.17) is 20.9 Å². The minimum absolute atomic E-state index is 0.0699. The molecule has 0 aromatic carbocycles. The van der Waals surface area contributed by atoms with Crippen molar-refractivity contribution in [3.05, 3.63) is 21.7 Å². The Morgan fingerprint density at radius 2 is 2.08 bits per heavy atom. The molecule has 8 nitrogen and oxygen atoms in total. The number of esters is 1. The van der Waals surface area contributed by atoms with Gasteiger partial charge in [0.15, 0.2) is 21.0 Å². The second-order valence-corrected chi connectivity index (χ2v) is 7.04. The molecule has 10 heteroatoms. The highest BCUT2D eigenvalue weighted by Crippen LogP contribution is 2.31. The number of hydrogen-bond donors (Lipinski definition) is 0. The lowest BCUT2D eigenvalue weighted by Gasteiger charge is -2.36. The molecule has 1 saturated heterocycles. The van der Waals surface area contributed by atoms with E-state index in [-0.39, 0.29) is 11.2 Å². The highest BCUT2D eigenvalue weighted by molar-refractivity contribution is 7.18. The Bertz CT molecular complexity index is 741. The summed E-state index contributed by atoms with van der Waals surface area (Å²) in [5.74, 6) is 0.924. The van der Waals surface area contributed by atoms with E-state index in [0.29, 0.717) is 10.8 Å². The van der Waals surface area contributed by atoms with Crippen LogP contribution in [0.5, 0.6) is 0 Å². The Balaban J connectivity index is 1.62. The molecule has 3 rings (SSSR count). The van der Waals surface area contributed by atoms with Gasteiger partial charge in [-0.15, -0.1) is 0 Å². The van der Waals surface area contributed by atoms with E-state index in [1.165, 1.54) is 18.4 Å². The zero-order valence-corrected chi connectivity index (χ0v) is 15.9. The highest BCUT2D eigenvalue weighted by Gasteiger charge is 2.28. The fraction of sp³-hybridized carbons (Fsp3) is 0.600. The van der Waals surface area contributed by atoms with Crippen LogP contribution in [0.1, 0.15) is 41.3 Å². The molecule has 2 aromatic rings. The fourth-order valence-corrected chi connectivity index (χ4v) is 3.93. The van der Waals surface area contributed by atoms with E-state index >= 15 is 0 Å². The monoisotopic (exact) mass is 385 g/mol. The standard InChI is InChI=1S/C15H20ClN5O3S/c1-4-10-17-13(24-19-10)9(2)20-5-7-21(8-6-20)15-18-12(16)11(25-15)14(22)23-3/h9H,4-8H2,1-3H3. The van der Waals surface area contributed by atoms with Crippen LogP contribution in [0.25, 0.3) is 0 Å². The van der Waals surface area contributed by atoms with E-state index in [0.717, 1.165) is 43.6 Å². The van der Waals surface area contributed by atoms with Gasteiger partial charge in [0.2, 0.25) is 5.89 Å². The molecule has 1 unspecified atom stereocenters. The number of carbonyl (C=O) groups is 1. The van der Waals surface area contributed by atoms with Gasteiger partial charge in [-0.3, -0.25) is 4.90 Å². The maximum atomic E-state index is 11.7. The average Bonchev–Trinajstić information content (AvgIpc) is 3.27. The summed E-state index contributed by atoms with van der Waals surface area (Å²) in [6, 6.07) is 0.0699.